The fourth-order valence-corrected chi connectivity index (χ4v) is 4.28. The number of carbonyl (C=O) groups excluding carboxylic acids is 1. The van der Waals surface area contributed by atoms with Crippen molar-refractivity contribution in [2.24, 2.45) is 0 Å². The summed E-state index contributed by atoms with van der Waals surface area (Å²) in [6, 6.07) is 13.0. The molecule has 6 nitrogen and oxygen atoms in total. The van der Waals surface area contributed by atoms with Crippen LogP contribution in [-0.2, 0) is 24.4 Å². The Balaban J connectivity index is 1.52. The van der Waals surface area contributed by atoms with Crippen molar-refractivity contribution in [3.63, 3.8) is 0 Å². The van der Waals surface area contributed by atoms with Gasteiger partial charge < -0.3 is 20.3 Å². The van der Waals surface area contributed by atoms with Crippen LogP contribution in [0.25, 0.3) is 0 Å². The summed E-state index contributed by atoms with van der Waals surface area (Å²) in [5.74, 6) is -0.277. The Kier molecular flexibility index (Phi) is 9.09. The summed E-state index contributed by atoms with van der Waals surface area (Å²) < 4.78 is 20.5. The SMILES string of the molecule is CCN(CC)Cc1ccccc1CNC(=O)NCc1ccc(N2C[C@H](C)O[C@@H](C)C2)c(F)c1. The topological polar surface area (TPSA) is 56.8 Å². The van der Waals surface area contributed by atoms with E-state index >= 15 is 0 Å². The largest absolute Gasteiger partial charge is 0.372 e. The Morgan fingerprint density at radius 3 is 2.30 bits per heavy atom. The van der Waals surface area contributed by atoms with E-state index in [1.54, 1.807) is 6.07 Å². The Hall–Kier alpha value is -2.64. The minimum absolute atomic E-state index is 0.0651. The zero-order valence-electron chi connectivity index (χ0n) is 20.2. The van der Waals surface area contributed by atoms with E-state index in [0.717, 1.165) is 30.8 Å². The monoisotopic (exact) mass is 456 g/mol. The average molecular weight is 457 g/mol. The van der Waals surface area contributed by atoms with Crippen LogP contribution in [0.5, 0.6) is 0 Å². The number of anilines is 1. The number of halogens is 1. The van der Waals surface area contributed by atoms with E-state index in [0.29, 0.717) is 25.3 Å². The number of benzene rings is 2. The van der Waals surface area contributed by atoms with Gasteiger partial charge in [-0.05, 0) is 55.8 Å². The molecule has 0 unspecified atom stereocenters. The molecule has 1 aliphatic heterocycles. The molecule has 1 fully saturated rings. The van der Waals surface area contributed by atoms with Gasteiger partial charge in [-0.2, -0.15) is 0 Å². The lowest BCUT2D eigenvalue weighted by molar-refractivity contribution is -0.00539. The molecule has 2 aromatic rings. The molecule has 180 valence electrons. The van der Waals surface area contributed by atoms with Gasteiger partial charge in [0.05, 0.1) is 17.9 Å². The van der Waals surface area contributed by atoms with Gasteiger partial charge in [-0.1, -0.05) is 44.2 Å². The molecule has 1 aliphatic rings. The van der Waals surface area contributed by atoms with Crippen LogP contribution in [0.3, 0.4) is 0 Å². The van der Waals surface area contributed by atoms with Crippen molar-refractivity contribution < 1.29 is 13.9 Å². The summed E-state index contributed by atoms with van der Waals surface area (Å²) in [4.78, 5) is 16.7. The highest BCUT2D eigenvalue weighted by molar-refractivity contribution is 5.73. The van der Waals surface area contributed by atoms with Crippen LogP contribution >= 0.6 is 0 Å². The quantitative estimate of drug-likeness (QED) is 0.591. The van der Waals surface area contributed by atoms with E-state index in [-0.39, 0.29) is 30.6 Å². The highest BCUT2D eigenvalue weighted by Crippen LogP contribution is 2.24. The summed E-state index contributed by atoms with van der Waals surface area (Å²) in [7, 11) is 0. The molecule has 2 aromatic carbocycles. The summed E-state index contributed by atoms with van der Waals surface area (Å²) in [6.45, 7) is 13.2. The number of nitrogens with one attached hydrogen (secondary N) is 2. The van der Waals surface area contributed by atoms with Crippen LogP contribution in [0.4, 0.5) is 14.9 Å². The van der Waals surface area contributed by atoms with Gasteiger partial charge in [0.1, 0.15) is 5.82 Å². The molecule has 0 spiro atoms. The van der Waals surface area contributed by atoms with Gasteiger partial charge in [-0.25, -0.2) is 9.18 Å². The minimum Gasteiger partial charge on any atom is -0.372 e. The van der Waals surface area contributed by atoms with E-state index in [1.807, 2.05) is 43.0 Å². The second-order valence-corrected chi connectivity index (χ2v) is 8.71. The number of nitrogens with zero attached hydrogens (tertiary/aromatic N) is 2. The molecule has 1 saturated heterocycles. The van der Waals surface area contributed by atoms with E-state index in [9.17, 15) is 9.18 Å². The van der Waals surface area contributed by atoms with Crippen LogP contribution in [0, 0.1) is 5.82 Å². The third-order valence-electron chi connectivity index (χ3n) is 6.07. The molecule has 0 aliphatic carbocycles. The lowest BCUT2D eigenvalue weighted by atomic mass is 10.1. The van der Waals surface area contributed by atoms with Crippen molar-refractivity contribution in [2.45, 2.75) is 59.5 Å². The van der Waals surface area contributed by atoms with Crippen LogP contribution < -0.4 is 15.5 Å². The van der Waals surface area contributed by atoms with E-state index < -0.39 is 0 Å². The number of amides is 2. The van der Waals surface area contributed by atoms with Gasteiger partial charge in [0.15, 0.2) is 0 Å². The normalized spacial score (nSPS) is 18.4. The molecule has 7 heteroatoms. The number of carbonyl (C=O) groups is 1. The predicted octanol–water partition coefficient (Wildman–Crippen LogP) is 4.28. The molecule has 1 heterocycles. The molecular weight excluding hydrogens is 419 g/mol. The smallest absolute Gasteiger partial charge is 0.315 e. The van der Waals surface area contributed by atoms with Crippen molar-refractivity contribution in [2.75, 3.05) is 31.1 Å². The van der Waals surface area contributed by atoms with Crippen LogP contribution in [0.15, 0.2) is 42.5 Å². The molecular formula is C26H37FN4O2. The third kappa shape index (κ3) is 7.17. The first kappa shape index (κ1) is 25.0. The Labute approximate surface area is 197 Å². The molecule has 2 amide bonds. The van der Waals surface area contributed by atoms with Crippen molar-refractivity contribution in [3.05, 3.63) is 65.0 Å². The zero-order valence-corrected chi connectivity index (χ0v) is 20.2. The Morgan fingerprint density at radius 2 is 1.67 bits per heavy atom. The second kappa shape index (κ2) is 12.0. The van der Waals surface area contributed by atoms with Gasteiger partial charge in [-0.3, -0.25) is 4.90 Å². The highest BCUT2D eigenvalue weighted by Gasteiger charge is 2.24. The standard InChI is InChI=1S/C26H37FN4O2/c1-5-30(6-2)18-23-10-8-7-9-22(23)15-29-26(32)28-14-21-11-12-25(24(27)13-21)31-16-19(3)33-20(4)17-31/h7-13,19-20H,5-6,14-18H2,1-4H3,(H2,28,29,32)/t19-,20-/m0/s1. The van der Waals surface area contributed by atoms with Crippen LogP contribution in [0.2, 0.25) is 0 Å². The first-order valence-corrected chi connectivity index (χ1v) is 11.9. The number of hydrogen-bond donors (Lipinski definition) is 2. The summed E-state index contributed by atoms with van der Waals surface area (Å²) >= 11 is 0. The van der Waals surface area contributed by atoms with Crippen molar-refractivity contribution in [1.82, 2.24) is 15.5 Å². The molecule has 33 heavy (non-hydrogen) atoms. The summed E-state index contributed by atoms with van der Waals surface area (Å²) in [6.07, 6.45) is 0.130. The lowest BCUT2D eigenvalue weighted by Crippen LogP contribution is -2.45. The maximum absolute atomic E-state index is 14.8. The van der Waals surface area contributed by atoms with E-state index in [4.69, 9.17) is 4.74 Å². The first-order valence-electron chi connectivity index (χ1n) is 11.9. The maximum atomic E-state index is 14.8. The van der Waals surface area contributed by atoms with Crippen molar-refractivity contribution >= 4 is 11.7 Å². The molecule has 0 aromatic heterocycles. The summed E-state index contributed by atoms with van der Waals surface area (Å²) in [5.41, 5.74) is 3.62. The zero-order chi connectivity index (χ0) is 23.8. The highest BCUT2D eigenvalue weighted by atomic mass is 19.1. The average Bonchev–Trinajstić information content (AvgIpc) is 2.79. The van der Waals surface area contributed by atoms with Gasteiger partial charge in [0, 0.05) is 32.7 Å². The van der Waals surface area contributed by atoms with Gasteiger partial charge in [0.2, 0.25) is 0 Å². The molecule has 0 saturated carbocycles. The Bertz CT molecular complexity index is 909. The van der Waals surface area contributed by atoms with Gasteiger partial charge in [0.25, 0.3) is 0 Å². The molecule has 0 radical (unpaired) electrons. The van der Waals surface area contributed by atoms with E-state index in [1.165, 1.54) is 11.6 Å². The molecule has 0 bridgehead atoms. The Morgan fingerprint density at radius 1 is 1.03 bits per heavy atom. The van der Waals surface area contributed by atoms with Crippen molar-refractivity contribution in [1.29, 1.82) is 0 Å². The number of morpholine rings is 1. The summed E-state index contributed by atoms with van der Waals surface area (Å²) in [5, 5.41) is 5.75. The van der Waals surface area contributed by atoms with Gasteiger partial charge >= 0.3 is 6.03 Å². The number of ether oxygens (including phenoxy) is 1. The van der Waals surface area contributed by atoms with E-state index in [2.05, 4.69) is 35.4 Å². The number of urea groups is 1. The number of hydrogen-bond acceptors (Lipinski definition) is 4. The molecule has 3 rings (SSSR count). The third-order valence-corrected chi connectivity index (χ3v) is 6.07. The first-order chi connectivity index (χ1) is 15.9. The van der Waals surface area contributed by atoms with Crippen LogP contribution in [-0.4, -0.2) is 49.3 Å². The maximum Gasteiger partial charge on any atom is 0.315 e. The van der Waals surface area contributed by atoms with Gasteiger partial charge in [-0.15, -0.1) is 0 Å². The fraction of sp³-hybridized carbons (Fsp3) is 0.500. The lowest BCUT2D eigenvalue weighted by Gasteiger charge is -2.37. The second-order valence-electron chi connectivity index (χ2n) is 8.71. The van der Waals surface area contributed by atoms with Crippen molar-refractivity contribution in [3.8, 4) is 0 Å². The minimum atomic E-state index is -0.277. The fourth-order valence-electron chi connectivity index (χ4n) is 4.28. The molecule has 2 N–H and O–H groups in total. The number of rotatable bonds is 9. The van der Waals surface area contributed by atoms with Crippen LogP contribution in [0.1, 0.15) is 44.4 Å². The molecule has 2 atom stereocenters. The predicted molar refractivity (Wildman–Crippen MR) is 131 cm³/mol.